The standard InChI is InChI=1S/C22H22BrN3O3S2/c1-13(2)9-18(21(27)25-22(12-24)7-8-22)26-31(28,29)15-4-6-19-17(11-15)16-5-3-14(23)10-20(16)30-19/h3-6,10-11,13,18,26H,7-9H2,1-2H3,(H,25,27)/t18-/m0/s1. The van der Waals surface area contributed by atoms with E-state index >= 15 is 0 Å². The zero-order valence-corrected chi connectivity index (χ0v) is 20.3. The maximum atomic E-state index is 13.2. The second-order valence-electron chi connectivity index (χ2n) is 8.39. The van der Waals surface area contributed by atoms with Gasteiger partial charge in [0.25, 0.3) is 0 Å². The van der Waals surface area contributed by atoms with Gasteiger partial charge in [-0.15, -0.1) is 11.3 Å². The predicted octanol–water partition coefficient (Wildman–Crippen LogP) is 4.68. The van der Waals surface area contributed by atoms with Gasteiger partial charge in [0.05, 0.1) is 11.0 Å². The number of amides is 1. The van der Waals surface area contributed by atoms with E-state index < -0.39 is 27.5 Å². The fourth-order valence-electron chi connectivity index (χ4n) is 3.55. The topological polar surface area (TPSA) is 99.1 Å². The van der Waals surface area contributed by atoms with Crippen LogP contribution in [0.5, 0.6) is 0 Å². The molecular formula is C22H22BrN3O3S2. The first-order chi connectivity index (χ1) is 14.6. The Hall–Kier alpha value is -1.99. The van der Waals surface area contributed by atoms with E-state index in [-0.39, 0.29) is 10.8 Å². The maximum absolute atomic E-state index is 13.2. The molecule has 1 atom stereocenters. The minimum absolute atomic E-state index is 0.0948. The number of nitrogens with one attached hydrogen (secondary N) is 2. The summed E-state index contributed by atoms with van der Waals surface area (Å²) in [7, 11) is -3.94. The molecule has 1 fully saturated rings. The van der Waals surface area contributed by atoms with Crippen molar-refractivity contribution < 1.29 is 13.2 Å². The van der Waals surface area contributed by atoms with E-state index in [1.165, 1.54) is 0 Å². The predicted molar refractivity (Wildman–Crippen MR) is 126 cm³/mol. The first-order valence-corrected chi connectivity index (χ1v) is 13.1. The summed E-state index contributed by atoms with van der Waals surface area (Å²) in [5.74, 6) is -0.360. The van der Waals surface area contributed by atoms with Crippen LogP contribution in [0.15, 0.2) is 45.8 Å². The van der Waals surface area contributed by atoms with Gasteiger partial charge in [-0.25, -0.2) is 8.42 Å². The minimum atomic E-state index is -3.94. The van der Waals surface area contributed by atoms with Crippen LogP contribution in [0.3, 0.4) is 0 Å². The second-order valence-corrected chi connectivity index (χ2v) is 12.1. The number of carbonyl (C=O) groups is 1. The molecular weight excluding hydrogens is 498 g/mol. The lowest BCUT2D eigenvalue weighted by Gasteiger charge is -2.21. The Labute approximate surface area is 193 Å². The lowest BCUT2D eigenvalue weighted by molar-refractivity contribution is -0.123. The summed E-state index contributed by atoms with van der Waals surface area (Å²) in [5, 5.41) is 13.8. The molecule has 0 unspecified atom stereocenters. The smallest absolute Gasteiger partial charge is 0.241 e. The summed E-state index contributed by atoms with van der Waals surface area (Å²) in [4.78, 5) is 12.9. The van der Waals surface area contributed by atoms with Crippen LogP contribution in [0, 0.1) is 17.2 Å². The Bertz CT molecular complexity index is 1320. The summed E-state index contributed by atoms with van der Waals surface area (Å²) < 4.78 is 32.0. The number of nitriles is 1. The molecule has 162 valence electrons. The van der Waals surface area contributed by atoms with Crippen molar-refractivity contribution in [2.45, 2.75) is 49.6 Å². The number of hydrogen-bond donors (Lipinski definition) is 2. The highest BCUT2D eigenvalue weighted by atomic mass is 79.9. The number of carbonyl (C=O) groups excluding carboxylic acids is 1. The lowest BCUT2D eigenvalue weighted by atomic mass is 10.0. The van der Waals surface area contributed by atoms with Gasteiger partial charge in [0.2, 0.25) is 15.9 Å². The van der Waals surface area contributed by atoms with Crippen LogP contribution < -0.4 is 10.0 Å². The molecule has 1 amide bonds. The molecule has 0 radical (unpaired) electrons. The maximum Gasteiger partial charge on any atom is 0.241 e. The summed E-state index contributed by atoms with van der Waals surface area (Å²) in [5.41, 5.74) is -0.847. The van der Waals surface area contributed by atoms with Crippen molar-refractivity contribution in [3.63, 3.8) is 0 Å². The highest BCUT2D eigenvalue weighted by molar-refractivity contribution is 9.10. The quantitative estimate of drug-likeness (QED) is 0.473. The van der Waals surface area contributed by atoms with E-state index in [2.05, 4.69) is 32.0 Å². The van der Waals surface area contributed by atoms with Crippen LogP contribution >= 0.6 is 27.3 Å². The van der Waals surface area contributed by atoms with Crippen molar-refractivity contribution >= 4 is 63.4 Å². The molecule has 2 aromatic carbocycles. The molecule has 9 heteroatoms. The monoisotopic (exact) mass is 519 g/mol. The van der Waals surface area contributed by atoms with Crippen LogP contribution in [-0.2, 0) is 14.8 Å². The van der Waals surface area contributed by atoms with E-state index in [0.717, 1.165) is 24.6 Å². The van der Waals surface area contributed by atoms with Crippen molar-refractivity contribution in [1.29, 1.82) is 5.26 Å². The zero-order valence-electron chi connectivity index (χ0n) is 17.1. The second kappa shape index (κ2) is 8.17. The van der Waals surface area contributed by atoms with Crippen LogP contribution in [0.25, 0.3) is 20.2 Å². The van der Waals surface area contributed by atoms with Crippen LogP contribution in [0.1, 0.15) is 33.1 Å². The molecule has 0 spiro atoms. The van der Waals surface area contributed by atoms with Crippen LogP contribution in [0.2, 0.25) is 0 Å². The first-order valence-electron chi connectivity index (χ1n) is 10.00. The molecule has 4 rings (SSSR count). The van der Waals surface area contributed by atoms with Gasteiger partial charge in [-0.05, 0) is 55.5 Å². The highest BCUT2D eigenvalue weighted by Crippen LogP contribution is 2.37. The van der Waals surface area contributed by atoms with E-state index in [1.807, 2.05) is 32.0 Å². The van der Waals surface area contributed by atoms with Gasteiger partial charge in [-0.3, -0.25) is 4.79 Å². The Morgan fingerprint density at radius 1 is 1.19 bits per heavy atom. The van der Waals surface area contributed by atoms with Crippen LogP contribution in [0.4, 0.5) is 0 Å². The first kappa shape index (κ1) is 22.2. The molecule has 1 heterocycles. The molecule has 0 aliphatic heterocycles. The molecule has 1 aliphatic rings. The fourth-order valence-corrected chi connectivity index (χ4v) is 6.42. The molecule has 0 bridgehead atoms. The minimum Gasteiger partial charge on any atom is -0.336 e. The van der Waals surface area contributed by atoms with Gasteiger partial charge in [0, 0.05) is 24.6 Å². The fraction of sp³-hybridized carbons (Fsp3) is 0.364. The Morgan fingerprint density at radius 2 is 1.94 bits per heavy atom. The summed E-state index contributed by atoms with van der Waals surface area (Å²) >= 11 is 5.07. The van der Waals surface area contributed by atoms with Crippen LogP contribution in [-0.4, -0.2) is 25.9 Å². The van der Waals surface area contributed by atoms with Crippen molar-refractivity contribution in [2.24, 2.45) is 5.92 Å². The normalized spacial score (nSPS) is 16.4. The van der Waals surface area contributed by atoms with E-state index in [1.54, 1.807) is 29.5 Å². The van der Waals surface area contributed by atoms with Gasteiger partial charge in [-0.1, -0.05) is 35.8 Å². The molecule has 2 N–H and O–H groups in total. The van der Waals surface area contributed by atoms with E-state index in [0.29, 0.717) is 19.3 Å². The highest BCUT2D eigenvalue weighted by Gasteiger charge is 2.46. The molecule has 6 nitrogen and oxygen atoms in total. The third kappa shape index (κ3) is 4.62. The van der Waals surface area contributed by atoms with Crippen molar-refractivity contribution in [3.8, 4) is 6.07 Å². The van der Waals surface area contributed by atoms with Crippen molar-refractivity contribution in [1.82, 2.24) is 10.0 Å². The Kier molecular flexibility index (Phi) is 5.85. The van der Waals surface area contributed by atoms with Gasteiger partial charge in [0.1, 0.15) is 11.6 Å². The molecule has 31 heavy (non-hydrogen) atoms. The molecule has 0 saturated heterocycles. The number of thiophene rings is 1. The molecule has 1 aliphatic carbocycles. The third-order valence-electron chi connectivity index (χ3n) is 5.36. The number of hydrogen-bond acceptors (Lipinski definition) is 5. The lowest BCUT2D eigenvalue weighted by Crippen LogP contribution is -2.50. The number of benzene rings is 2. The summed E-state index contributed by atoms with van der Waals surface area (Å²) in [6.07, 6.45) is 1.52. The zero-order chi connectivity index (χ0) is 22.4. The van der Waals surface area contributed by atoms with Gasteiger partial charge >= 0.3 is 0 Å². The average molecular weight is 520 g/mol. The number of rotatable bonds is 7. The molecule has 1 saturated carbocycles. The van der Waals surface area contributed by atoms with Gasteiger partial charge in [0.15, 0.2) is 0 Å². The summed E-state index contributed by atoms with van der Waals surface area (Å²) in [6.45, 7) is 3.85. The molecule has 1 aromatic heterocycles. The number of nitrogens with zero attached hydrogens (tertiary/aromatic N) is 1. The third-order valence-corrected chi connectivity index (χ3v) is 8.46. The van der Waals surface area contributed by atoms with Gasteiger partial charge < -0.3 is 5.32 Å². The number of sulfonamides is 1. The number of fused-ring (bicyclic) bond motifs is 3. The Morgan fingerprint density at radius 3 is 2.58 bits per heavy atom. The summed E-state index contributed by atoms with van der Waals surface area (Å²) in [6, 6.07) is 12.1. The number of halogens is 1. The largest absolute Gasteiger partial charge is 0.336 e. The average Bonchev–Trinajstić information content (AvgIpc) is 3.38. The van der Waals surface area contributed by atoms with Gasteiger partial charge in [-0.2, -0.15) is 9.98 Å². The van der Waals surface area contributed by atoms with Crippen molar-refractivity contribution in [2.75, 3.05) is 0 Å². The Balaban J connectivity index is 1.65. The molecule has 3 aromatic rings. The van der Waals surface area contributed by atoms with E-state index in [4.69, 9.17) is 0 Å². The van der Waals surface area contributed by atoms with Crippen molar-refractivity contribution in [3.05, 3.63) is 40.9 Å². The SMILES string of the molecule is CC(C)C[C@H](NS(=O)(=O)c1ccc2sc3cc(Br)ccc3c2c1)C(=O)NC1(C#N)CC1. The van der Waals surface area contributed by atoms with E-state index in [9.17, 15) is 18.5 Å².